The van der Waals surface area contributed by atoms with Crippen LogP contribution in [0.1, 0.15) is 11.1 Å². The second-order valence-corrected chi connectivity index (χ2v) is 3.08. The first-order valence-electron chi connectivity index (χ1n) is 4.56. The molecule has 0 radical (unpaired) electrons. The Labute approximate surface area is 85.3 Å². The number of benzene rings is 1. The first-order valence-corrected chi connectivity index (χ1v) is 4.56. The summed E-state index contributed by atoms with van der Waals surface area (Å²) in [6.45, 7) is 5.74. The van der Waals surface area contributed by atoms with E-state index in [0.717, 1.165) is 11.1 Å². The topological polar surface area (TPSA) is 26.0 Å². The summed E-state index contributed by atoms with van der Waals surface area (Å²) < 4.78 is 0. The van der Waals surface area contributed by atoms with Crippen LogP contribution in [0.5, 0.6) is 0 Å². The fraction of sp³-hybridized carbons (Fsp3) is 0.0769. The van der Waals surface area contributed by atoms with Crippen molar-refractivity contribution in [3.63, 3.8) is 0 Å². The molecule has 0 saturated heterocycles. The molecule has 0 amide bonds. The van der Waals surface area contributed by atoms with Crippen LogP contribution in [0.4, 0.5) is 0 Å². The van der Waals surface area contributed by atoms with Gasteiger partial charge in [0, 0.05) is 0 Å². The molecule has 1 heteroatoms. The minimum atomic E-state index is 1.07. The molecular weight excluding hydrogens is 170 g/mol. The van der Waals surface area contributed by atoms with Crippen molar-refractivity contribution < 1.29 is 0 Å². The van der Waals surface area contributed by atoms with E-state index >= 15 is 0 Å². The molecule has 0 saturated carbocycles. The van der Waals surface area contributed by atoms with Gasteiger partial charge in [-0.15, -0.1) is 0 Å². The molecule has 72 valence electrons. The fourth-order valence-corrected chi connectivity index (χ4v) is 1.22. The summed E-state index contributed by atoms with van der Waals surface area (Å²) in [4.78, 5) is 0. The molecule has 0 aliphatic rings. The van der Waals surface area contributed by atoms with Crippen LogP contribution in [0.25, 0.3) is 5.57 Å². The monoisotopic (exact) mass is 185 g/mol. The molecule has 14 heavy (non-hydrogen) atoms. The second-order valence-electron chi connectivity index (χ2n) is 3.08. The van der Waals surface area contributed by atoms with Crippen LogP contribution in [0.15, 0.2) is 55.3 Å². The van der Waals surface area contributed by atoms with Gasteiger partial charge in [0.2, 0.25) is 0 Å². The Morgan fingerprint density at radius 1 is 1.29 bits per heavy atom. The average Bonchev–Trinajstić information content (AvgIpc) is 2.19. The standard InChI is InChI=1S/C13H15N/c1-3-4-12(9-10-14)13-7-5-11(2)6-8-13/h3-10H,1,14H2,2H3/b10-9-,12-4+. The van der Waals surface area contributed by atoms with E-state index in [-0.39, 0.29) is 0 Å². The van der Waals surface area contributed by atoms with Gasteiger partial charge in [-0.2, -0.15) is 0 Å². The van der Waals surface area contributed by atoms with Gasteiger partial charge >= 0.3 is 0 Å². The third kappa shape index (κ3) is 2.63. The van der Waals surface area contributed by atoms with Crippen molar-refractivity contribution in [1.29, 1.82) is 0 Å². The largest absolute Gasteiger partial charge is 0.405 e. The predicted molar refractivity (Wildman–Crippen MR) is 62.7 cm³/mol. The molecule has 2 N–H and O–H groups in total. The van der Waals surface area contributed by atoms with Gasteiger partial charge in [-0.05, 0) is 30.3 Å². The minimum Gasteiger partial charge on any atom is -0.405 e. The Kier molecular flexibility index (Phi) is 3.74. The zero-order chi connectivity index (χ0) is 10.4. The summed E-state index contributed by atoms with van der Waals surface area (Å²) in [6, 6.07) is 8.31. The van der Waals surface area contributed by atoms with E-state index in [0.29, 0.717) is 0 Å². The van der Waals surface area contributed by atoms with E-state index < -0.39 is 0 Å². The lowest BCUT2D eigenvalue weighted by Crippen LogP contribution is -1.83. The average molecular weight is 185 g/mol. The number of aryl methyl sites for hydroxylation is 1. The predicted octanol–water partition coefficient (Wildman–Crippen LogP) is 3.04. The maximum atomic E-state index is 5.37. The molecule has 0 aromatic heterocycles. The van der Waals surface area contributed by atoms with Crippen molar-refractivity contribution in [2.24, 2.45) is 5.73 Å². The molecule has 0 aliphatic heterocycles. The smallest absolute Gasteiger partial charge is 0.00561 e. The highest BCUT2D eigenvalue weighted by atomic mass is 14.5. The number of hydrogen-bond donors (Lipinski definition) is 1. The molecule has 0 bridgehead atoms. The number of rotatable bonds is 3. The fourth-order valence-electron chi connectivity index (χ4n) is 1.22. The number of hydrogen-bond acceptors (Lipinski definition) is 1. The summed E-state index contributed by atoms with van der Waals surface area (Å²) in [7, 11) is 0. The van der Waals surface area contributed by atoms with E-state index in [9.17, 15) is 0 Å². The number of allylic oxidation sites excluding steroid dienone is 4. The zero-order valence-electron chi connectivity index (χ0n) is 8.40. The first kappa shape index (κ1) is 10.3. The van der Waals surface area contributed by atoms with Gasteiger partial charge in [0.15, 0.2) is 0 Å². The highest BCUT2D eigenvalue weighted by Gasteiger charge is 1.95. The molecule has 0 heterocycles. The Balaban J connectivity index is 3.05. The van der Waals surface area contributed by atoms with Crippen LogP contribution in [-0.4, -0.2) is 0 Å². The van der Waals surface area contributed by atoms with Crippen LogP contribution >= 0.6 is 0 Å². The van der Waals surface area contributed by atoms with Crippen molar-refractivity contribution in [2.75, 3.05) is 0 Å². The highest BCUT2D eigenvalue weighted by Crippen LogP contribution is 2.16. The third-order valence-corrected chi connectivity index (χ3v) is 1.96. The summed E-state index contributed by atoms with van der Waals surface area (Å²) >= 11 is 0. The lowest BCUT2D eigenvalue weighted by atomic mass is 10.0. The Bertz CT molecular complexity index is 355. The van der Waals surface area contributed by atoms with Gasteiger partial charge < -0.3 is 5.73 Å². The molecule has 0 fully saturated rings. The highest BCUT2D eigenvalue weighted by molar-refractivity contribution is 5.75. The summed E-state index contributed by atoms with van der Waals surface area (Å²) in [5.74, 6) is 0. The maximum Gasteiger partial charge on any atom is -0.00561 e. The summed E-state index contributed by atoms with van der Waals surface area (Å²) in [5.41, 5.74) is 8.85. The van der Waals surface area contributed by atoms with Crippen molar-refractivity contribution in [2.45, 2.75) is 6.92 Å². The van der Waals surface area contributed by atoms with E-state index in [1.54, 1.807) is 6.08 Å². The Morgan fingerprint density at radius 3 is 2.43 bits per heavy atom. The van der Waals surface area contributed by atoms with Gasteiger partial charge in [-0.25, -0.2) is 0 Å². The lowest BCUT2D eigenvalue weighted by molar-refractivity contribution is 1.45. The number of nitrogens with two attached hydrogens (primary N) is 1. The van der Waals surface area contributed by atoms with E-state index in [1.165, 1.54) is 11.8 Å². The molecule has 1 aromatic rings. The second kappa shape index (κ2) is 5.07. The molecule has 1 nitrogen and oxygen atoms in total. The van der Waals surface area contributed by atoms with Gasteiger partial charge in [-0.1, -0.05) is 48.6 Å². The normalized spacial score (nSPS) is 11.9. The molecule has 0 spiro atoms. The molecular formula is C13H15N. The molecule has 0 aliphatic carbocycles. The van der Waals surface area contributed by atoms with Crippen LogP contribution in [0.3, 0.4) is 0 Å². The van der Waals surface area contributed by atoms with E-state index in [2.05, 4.69) is 37.8 Å². The summed E-state index contributed by atoms with van der Waals surface area (Å²) in [5, 5.41) is 0. The van der Waals surface area contributed by atoms with Gasteiger partial charge in [0.1, 0.15) is 0 Å². The Morgan fingerprint density at radius 2 is 1.93 bits per heavy atom. The van der Waals surface area contributed by atoms with Gasteiger partial charge in [0.25, 0.3) is 0 Å². The lowest BCUT2D eigenvalue weighted by Gasteiger charge is -2.01. The van der Waals surface area contributed by atoms with Crippen LogP contribution < -0.4 is 5.73 Å². The van der Waals surface area contributed by atoms with Crippen molar-refractivity contribution in [3.8, 4) is 0 Å². The molecule has 0 unspecified atom stereocenters. The van der Waals surface area contributed by atoms with Crippen molar-refractivity contribution in [3.05, 3.63) is 66.4 Å². The van der Waals surface area contributed by atoms with Gasteiger partial charge in [0.05, 0.1) is 0 Å². The maximum absolute atomic E-state index is 5.37. The van der Waals surface area contributed by atoms with Crippen molar-refractivity contribution >= 4 is 5.57 Å². The zero-order valence-corrected chi connectivity index (χ0v) is 8.40. The molecule has 0 atom stereocenters. The first-order chi connectivity index (χ1) is 6.77. The van der Waals surface area contributed by atoms with Gasteiger partial charge in [-0.3, -0.25) is 0 Å². The SMILES string of the molecule is C=C/C=C(\C=C/N)c1ccc(C)cc1. The molecule has 1 rings (SSSR count). The minimum absolute atomic E-state index is 1.07. The quantitative estimate of drug-likeness (QED) is 0.720. The van der Waals surface area contributed by atoms with Crippen LogP contribution in [-0.2, 0) is 0 Å². The van der Waals surface area contributed by atoms with Crippen LogP contribution in [0, 0.1) is 6.92 Å². The molecule has 1 aromatic carbocycles. The van der Waals surface area contributed by atoms with Crippen LogP contribution in [0.2, 0.25) is 0 Å². The Hall–Kier alpha value is -1.76. The van der Waals surface area contributed by atoms with Crippen molar-refractivity contribution in [1.82, 2.24) is 0 Å². The van der Waals surface area contributed by atoms with E-state index in [4.69, 9.17) is 5.73 Å². The third-order valence-electron chi connectivity index (χ3n) is 1.96. The van der Waals surface area contributed by atoms with E-state index in [1.807, 2.05) is 12.2 Å². The summed E-state index contributed by atoms with van der Waals surface area (Å²) in [6.07, 6.45) is 7.10.